The Hall–Kier alpha value is -3.98. The van der Waals surface area contributed by atoms with E-state index in [-0.39, 0.29) is 36.7 Å². The molecule has 41 heavy (non-hydrogen) atoms. The van der Waals surface area contributed by atoms with Gasteiger partial charge in [-0.2, -0.15) is 5.10 Å². The first-order chi connectivity index (χ1) is 19.5. The Labute approximate surface area is 237 Å². The average Bonchev–Trinajstić information content (AvgIpc) is 3.33. The highest BCUT2D eigenvalue weighted by Gasteiger charge is 2.33. The zero-order valence-electron chi connectivity index (χ0n) is 22.1. The van der Waals surface area contributed by atoms with Gasteiger partial charge in [0.25, 0.3) is 0 Å². The van der Waals surface area contributed by atoms with Gasteiger partial charge in [0.15, 0.2) is 5.82 Å². The molecule has 2 heterocycles. The third-order valence-electron chi connectivity index (χ3n) is 5.74. The van der Waals surface area contributed by atoms with Gasteiger partial charge in [-0.3, -0.25) is 14.3 Å². The predicted octanol–water partition coefficient (Wildman–Crippen LogP) is 5.06. The van der Waals surface area contributed by atoms with Gasteiger partial charge in [-0.1, -0.05) is 35.1 Å². The molecule has 1 unspecified atom stereocenters. The number of aromatic nitrogens is 4. The summed E-state index contributed by atoms with van der Waals surface area (Å²) in [5.74, 6) is -0.554. The smallest absolute Gasteiger partial charge is 0.401 e. The number of carbonyl (C=O) groups is 2. The van der Waals surface area contributed by atoms with Gasteiger partial charge in [-0.05, 0) is 56.4 Å². The Morgan fingerprint density at radius 2 is 1.90 bits per heavy atom. The molecule has 1 aliphatic rings. The van der Waals surface area contributed by atoms with Crippen molar-refractivity contribution in [3.8, 4) is 0 Å². The van der Waals surface area contributed by atoms with Crippen LogP contribution >= 0.6 is 11.3 Å². The van der Waals surface area contributed by atoms with E-state index in [1.54, 1.807) is 25.1 Å². The molecule has 0 bridgehead atoms. The second kappa shape index (κ2) is 15.1. The number of aryl methyl sites for hydroxylation is 2. The lowest BCUT2D eigenvalue weighted by Crippen LogP contribution is -2.24. The van der Waals surface area contributed by atoms with Crippen LogP contribution in [0, 0.1) is 0 Å². The number of unbranched alkanes of at least 4 members (excludes halogenated alkanes) is 1. The maximum Gasteiger partial charge on any atom is 0.523 e. The van der Waals surface area contributed by atoms with Crippen LogP contribution in [0.1, 0.15) is 49.7 Å². The number of carbonyl (C=O) groups excluding carboxylic acids is 2. The van der Waals surface area contributed by atoms with Crippen molar-refractivity contribution >= 4 is 34.1 Å². The number of allylic oxidation sites excluding steroid dienone is 4. The number of ether oxygens (including phenoxy) is 1. The Balaban J connectivity index is 1.36. The van der Waals surface area contributed by atoms with Gasteiger partial charge in [-0.25, -0.2) is 4.39 Å². The number of halogens is 4. The highest BCUT2D eigenvalue weighted by molar-refractivity contribution is 7.15. The molecule has 0 radical (unpaired) electrons. The lowest BCUT2D eigenvalue weighted by molar-refractivity contribution is -0.336. The standard InChI is InChI=1S/C26H29F4N7O3S/c1-16(11-12-27)20(31)15-23(39)33-25-37-36-24(41-25)8-3-2-6-18-9-10-21(35-34-18)32-22(38)14-17-5-4-7-19(13-17)40-26(28,29)30/h4-5,7,9-12,19H,2-3,6,8,13-15,31H2,1H3,(H,32,35,38)(H,33,37,39)/b12-11-,20-16-. The second-order valence-corrected chi connectivity index (χ2v) is 10.1. The molecule has 10 nitrogen and oxygen atoms in total. The summed E-state index contributed by atoms with van der Waals surface area (Å²) in [6.07, 6.45) is 2.60. The quantitative estimate of drug-likeness (QED) is 0.166. The second-order valence-electron chi connectivity index (χ2n) is 9.08. The normalized spacial score (nSPS) is 15.9. The molecule has 1 aliphatic carbocycles. The molecule has 0 saturated heterocycles. The number of hydrogen-bond acceptors (Lipinski definition) is 9. The number of rotatable bonds is 13. The first-order valence-electron chi connectivity index (χ1n) is 12.6. The number of alkyl halides is 3. The van der Waals surface area contributed by atoms with Crippen LogP contribution in [-0.2, 0) is 27.2 Å². The molecular formula is C26H29F4N7O3S. The van der Waals surface area contributed by atoms with Gasteiger partial charge < -0.3 is 16.4 Å². The molecule has 0 aromatic carbocycles. The van der Waals surface area contributed by atoms with E-state index in [2.05, 4.69) is 35.8 Å². The Morgan fingerprint density at radius 1 is 1.12 bits per heavy atom. The summed E-state index contributed by atoms with van der Waals surface area (Å²) in [5, 5.41) is 22.5. The minimum atomic E-state index is -4.75. The molecule has 2 aromatic rings. The monoisotopic (exact) mass is 595 g/mol. The van der Waals surface area contributed by atoms with E-state index < -0.39 is 18.4 Å². The molecule has 0 aliphatic heterocycles. The van der Waals surface area contributed by atoms with Crippen molar-refractivity contribution < 1.29 is 31.9 Å². The number of anilines is 2. The fourth-order valence-corrected chi connectivity index (χ4v) is 4.51. The van der Waals surface area contributed by atoms with Gasteiger partial charge in [0.2, 0.25) is 16.9 Å². The minimum absolute atomic E-state index is 0.0336. The third kappa shape index (κ3) is 11.6. The maximum absolute atomic E-state index is 12.4. The molecule has 1 atom stereocenters. The van der Waals surface area contributed by atoms with Crippen molar-refractivity contribution in [2.75, 3.05) is 10.6 Å². The summed E-state index contributed by atoms with van der Waals surface area (Å²) >= 11 is 1.26. The van der Waals surface area contributed by atoms with Gasteiger partial charge in [0.05, 0.1) is 24.5 Å². The fraction of sp³-hybridized carbons (Fsp3) is 0.385. The highest BCUT2D eigenvalue weighted by atomic mass is 32.1. The Kier molecular flexibility index (Phi) is 11.6. The molecule has 0 spiro atoms. The summed E-state index contributed by atoms with van der Waals surface area (Å²) in [4.78, 5) is 24.4. The first kappa shape index (κ1) is 31.5. The van der Waals surface area contributed by atoms with Crippen LogP contribution in [0.25, 0.3) is 0 Å². The van der Waals surface area contributed by atoms with Crippen LogP contribution in [0.5, 0.6) is 0 Å². The zero-order valence-corrected chi connectivity index (χ0v) is 22.9. The van der Waals surface area contributed by atoms with Crippen LogP contribution in [0.2, 0.25) is 0 Å². The zero-order chi connectivity index (χ0) is 29.8. The third-order valence-corrected chi connectivity index (χ3v) is 6.64. The van der Waals surface area contributed by atoms with Crippen LogP contribution < -0.4 is 16.4 Å². The summed E-state index contributed by atoms with van der Waals surface area (Å²) < 4.78 is 53.5. The summed E-state index contributed by atoms with van der Waals surface area (Å²) in [7, 11) is 0. The van der Waals surface area contributed by atoms with Crippen molar-refractivity contribution in [3.05, 3.63) is 70.3 Å². The lowest BCUT2D eigenvalue weighted by atomic mass is 9.99. The lowest BCUT2D eigenvalue weighted by Gasteiger charge is -2.20. The van der Waals surface area contributed by atoms with E-state index >= 15 is 0 Å². The van der Waals surface area contributed by atoms with E-state index in [4.69, 9.17) is 5.73 Å². The molecule has 220 valence electrons. The van der Waals surface area contributed by atoms with Crippen molar-refractivity contribution in [1.82, 2.24) is 20.4 Å². The van der Waals surface area contributed by atoms with E-state index in [1.165, 1.54) is 29.6 Å². The number of nitrogens with zero attached hydrogens (tertiary/aromatic N) is 4. The van der Waals surface area contributed by atoms with E-state index in [1.807, 2.05) is 0 Å². The summed E-state index contributed by atoms with van der Waals surface area (Å²) in [5.41, 5.74) is 7.74. The van der Waals surface area contributed by atoms with E-state index in [0.717, 1.165) is 23.5 Å². The molecule has 4 N–H and O–H groups in total. The summed E-state index contributed by atoms with van der Waals surface area (Å²) in [6, 6.07) is 3.35. The predicted molar refractivity (Wildman–Crippen MR) is 145 cm³/mol. The van der Waals surface area contributed by atoms with Crippen molar-refractivity contribution in [1.29, 1.82) is 0 Å². The van der Waals surface area contributed by atoms with Gasteiger partial charge in [-0.15, -0.1) is 28.5 Å². The van der Waals surface area contributed by atoms with Gasteiger partial charge in [0, 0.05) is 18.5 Å². The maximum atomic E-state index is 12.4. The molecule has 0 saturated carbocycles. The Bertz CT molecular complexity index is 1320. The molecular weight excluding hydrogens is 566 g/mol. The van der Waals surface area contributed by atoms with Crippen molar-refractivity contribution in [2.45, 2.75) is 64.3 Å². The minimum Gasteiger partial charge on any atom is -0.401 e. The number of amides is 2. The highest BCUT2D eigenvalue weighted by Crippen LogP contribution is 2.26. The molecule has 3 rings (SSSR count). The Morgan fingerprint density at radius 3 is 2.61 bits per heavy atom. The van der Waals surface area contributed by atoms with E-state index in [0.29, 0.717) is 35.4 Å². The average molecular weight is 596 g/mol. The van der Waals surface area contributed by atoms with Crippen LogP contribution in [0.4, 0.5) is 28.5 Å². The SMILES string of the molecule is CC(/C=C\F)=C(/N)CC(=O)Nc1nnc(CCCCc2ccc(NC(=O)CC3=CC=CC(OC(F)(F)F)C3)nn2)s1. The molecule has 0 fully saturated rings. The fourth-order valence-electron chi connectivity index (χ4n) is 3.71. The topological polar surface area (TPSA) is 145 Å². The molecule has 2 aromatic heterocycles. The van der Waals surface area contributed by atoms with Gasteiger partial charge >= 0.3 is 6.36 Å². The van der Waals surface area contributed by atoms with Crippen LogP contribution in [0.15, 0.2) is 59.6 Å². The van der Waals surface area contributed by atoms with Crippen molar-refractivity contribution in [2.24, 2.45) is 5.73 Å². The number of nitrogens with one attached hydrogen (secondary N) is 2. The van der Waals surface area contributed by atoms with Gasteiger partial charge in [0.1, 0.15) is 5.01 Å². The summed E-state index contributed by atoms with van der Waals surface area (Å²) in [6.45, 7) is 1.61. The molecule has 2 amide bonds. The molecule has 15 heteroatoms. The van der Waals surface area contributed by atoms with Crippen LogP contribution in [-0.4, -0.2) is 44.7 Å². The first-order valence-corrected chi connectivity index (χ1v) is 13.4. The van der Waals surface area contributed by atoms with Crippen molar-refractivity contribution in [3.63, 3.8) is 0 Å². The number of nitrogens with two attached hydrogens (primary N) is 1. The van der Waals surface area contributed by atoms with Crippen LogP contribution in [0.3, 0.4) is 0 Å². The van der Waals surface area contributed by atoms with E-state index in [9.17, 15) is 27.2 Å². The number of hydrogen-bond donors (Lipinski definition) is 3. The largest absolute Gasteiger partial charge is 0.523 e.